The second-order valence-corrected chi connectivity index (χ2v) is 7.67. The van der Waals surface area contributed by atoms with Gasteiger partial charge in [0.1, 0.15) is 0 Å². The summed E-state index contributed by atoms with van der Waals surface area (Å²) in [6.07, 6.45) is 1.60. The fourth-order valence-electron chi connectivity index (χ4n) is 2.56. The molecule has 0 fully saturated rings. The molecule has 3 rings (SSSR count). The van der Waals surface area contributed by atoms with Gasteiger partial charge in [0.15, 0.2) is 17.5 Å². The van der Waals surface area contributed by atoms with E-state index in [2.05, 4.69) is 30.8 Å². The average Bonchev–Trinajstić information content (AvgIpc) is 3.00. The van der Waals surface area contributed by atoms with Crippen molar-refractivity contribution in [2.24, 2.45) is 9.98 Å². The smallest absolute Gasteiger partial charge is 0.258 e. The number of aromatic nitrogens is 2. The molecule has 1 atom stereocenters. The number of aliphatic imine (C=N–C) groups is 2. The Morgan fingerprint density at radius 3 is 2.75 bits per heavy atom. The van der Waals surface area contributed by atoms with Crippen molar-refractivity contribution in [3.8, 4) is 0 Å². The molecule has 7 nitrogen and oxygen atoms in total. The van der Waals surface area contributed by atoms with E-state index in [9.17, 15) is 13.6 Å². The summed E-state index contributed by atoms with van der Waals surface area (Å²) in [7, 11) is 0. The molecule has 10 heteroatoms. The van der Waals surface area contributed by atoms with Gasteiger partial charge in [-0.3, -0.25) is 20.2 Å². The molecule has 1 aromatic carbocycles. The van der Waals surface area contributed by atoms with Crippen molar-refractivity contribution in [1.29, 1.82) is 0 Å². The Labute approximate surface area is 165 Å². The molecular formula is C18H19ClF2N6O. The summed E-state index contributed by atoms with van der Waals surface area (Å²) in [4.78, 5) is 21.1. The molecule has 1 amide bonds. The summed E-state index contributed by atoms with van der Waals surface area (Å²) in [5, 5.41) is 12.1. The quantitative estimate of drug-likeness (QED) is 0.403. The summed E-state index contributed by atoms with van der Waals surface area (Å²) in [6.45, 7) is 5.94. The fraction of sp³-hybridized carbons (Fsp3) is 0.333. The number of carbonyl (C=O) groups is 1. The van der Waals surface area contributed by atoms with Crippen LogP contribution in [-0.2, 0) is 6.54 Å². The molecular weight excluding hydrogens is 390 g/mol. The predicted molar refractivity (Wildman–Crippen MR) is 104 cm³/mol. The predicted octanol–water partition coefficient (Wildman–Crippen LogP) is 3.55. The highest BCUT2D eigenvalue weighted by Crippen LogP contribution is 2.31. The number of rotatable bonds is 2. The van der Waals surface area contributed by atoms with Crippen molar-refractivity contribution in [3.63, 3.8) is 0 Å². The monoisotopic (exact) mass is 408 g/mol. The van der Waals surface area contributed by atoms with Gasteiger partial charge in [0.25, 0.3) is 5.91 Å². The zero-order chi connectivity index (χ0) is 20.5. The van der Waals surface area contributed by atoms with E-state index in [4.69, 9.17) is 11.6 Å². The van der Waals surface area contributed by atoms with Crippen LogP contribution in [0.4, 0.5) is 14.6 Å². The van der Waals surface area contributed by atoms with Crippen LogP contribution in [0.1, 0.15) is 47.8 Å². The molecule has 0 radical (unpaired) electrons. The molecule has 1 aromatic heterocycles. The summed E-state index contributed by atoms with van der Waals surface area (Å²) in [6, 6.07) is 2.89. The van der Waals surface area contributed by atoms with Gasteiger partial charge in [-0.05, 0) is 39.0 Å². The summed E-state index contributed by atoms with van der Waals surface area (Å²) >= 11 is 6.29. The summed E-state index contributed by atoms with van der Waals surface area (Å²) in [5.41, 5.74) is 0.878. The van der Waals surface area contributed by atoms with Gasteiger partial charge in [0, 0.05) is 17.3 Å². The molecule has 3 N–H and O–H groups in total. The van der Waals surface area contributed by atoms with Crippen LogP contribution in [-0.4, -0.2) is 33.8 Å². The summed E-state index contributed by atoms with van der Waals surface area (Å²) in [5.74, 6) is -2.29. The van der Waals surface area contributed by atoms with Crippen LogP contribution >= 0.6 is 11.6 Å². The molecule has 1 aliphatic heterocycles. The number of hydrogen-bond donors (Lipinski definition) is 3. The highest BCUT2D eigenvalue weighted by molar-refractivity contribution is 6.29. The van der Waals surface area contributed by atoms with Crippen LogP contribution in [0.5, 0.6) is 0 Å². The molecule has 0 aliphatic carbocycles. The number of benzene rings is 1. The number of hydrogen-bond acceptors (Lipinski definition) is 4. The maximum Gasteiger partial charge on any atom is 0.258 e. The van der Waals surface area contributed by atoms with Gasteiger partial charge < -0.3 is 5.32 Å². The van der Waals surface area contributed by atoms with Crippen molar-refractivity contribution in [3.05, 3.63) is 46.7 Å². The number of H-pyrrole nitrogens is 1. The first-order valence-electron chi connectivity index (χ1n) is 8.48. The highest BCUT2D eigenvalue weighted by atomic mass is 35.5. The first kappa shape index (κ1) is 19.9. The maximum absolute atomic E-state index is 13.4. The van der Waals surface area contributed by atoms with Crippen molar-refractivity contribution < 1.29 is 13.6 Å². The first-order chi connectivity index (χ1) is 13.1. The molecule has 2 heterocycles. The third-order valence-corrected chi connectivity index (χ3v) is 4.07. The molecule has 1 unspecified atom stereocenters. The molecule has 28 heavy (non-hydrogen) atoms. The van der Waals surface area contributed by atoms with Crippen LogP contribution in [0.3, 0.4) is 0 Å². The lowest BCUT2D eigenvalue weighted by Gasteiger charge is -2.18. The zero-order valence-electron chi connectivity index (χ0n) is 15.5. The number of carbonyl (C=O) groups excluding carboxylic acids is 1. The second-order valence-electron chi connectivity index (χ2n) is 7.20. The van der Waals surface area contributed by atoms with E-state index in [-0.39, 0.29) is 11.5 Å². The number of halogens is 3. The Balaban J connectivity index is 1.87. The van der Waals surface area contributed by atoms with Crippen molar-refractivity contribution >= 4 is 35.5 Å². The van der Waals surface area contributed by atoms with Crippen LogP contribution in [0.15, 0.2) is 28.2 Å². The minimum absolute atomic E-state index is 0.0475. The third-order valence-electron chi connectivity index (χ3n) is 3.74. The second kappa shape index (κ2) is 7.67. The molecule has 148 valence electrons. The largest absolute Gasteiger partial charge is 0.309 e. The molecule has 0 saturated carbocycles. The third kappa shape index (κ3) is 4.53. The van der Waals surface area contributed by atoms with E-state index in [1.165, 1.54) is 6.07 Å². The molecule has 0 bridgehead atoms. The van der Waals surface area contributed by atoms with Crippen molar-refractivity contribution in [1.82, 2.24) is 15.5 Å². The Morgan fingerprint density at radius 1 is 1.32 bits per heavy atom. The Morgan fingerprint density at radius 2 is 2.07 bits per heavy atom. The Kier molecular flexibility index (Phi) is 5.46. The van der Waals surface area contributed by atoms with Crippen molar-refractivity contribution in [2.75, 3.05) is 5.32 Å². The van der Waals surface area contributed by atoms with Gasteiger partial charge in [0.05, 0.1) is 23.2 Å². The average molecular weight is 409 g/mol. The molecule has 1 aliphatic rings. The molecule has 0 spiro atoms. The van der Waals surface area contributed by atoms with E-state index in [1.807, 2.05) is 20.8 Å². The van der Waals surface area contributed by atoms with Gasteiger partial charge >= 0.3 is 0 Å². The van der Waals surface area contributed by atoms with Gasteiger partial charge in [0.2, 0.25) is 5.96 Å². The standard InChI is InChI=1S/C18H19ClF2N6O/c1-18(2,3)25-17(24-16(28)9-4-5-11(20)12(21)6-9)23-15-14-10(19)7-22-8-13(14)26-27-15/h4-7,10H,8H2,1-3H3,(H3,23,24,25,26,27,28). The normalized spacial score (nSPS) is 16.6. The maximum atomic E-state index is 13.4. The number of amides is 1. The molecule has 2 aromatic rings. The highest BCUT2D eigenvalue weighted by Gasteiger charge is 2.24. The van der Waals surface area contributed by atoms with Gasteiger partial charge in [-0.15, -0.1) is 11.6 Å². The zero-order valence-corrected chi connectivity index (χ0v) is 16.2. The minimum atomic E-state index is -1.11. The number of anilines is 1. The van der Waals surface area contributed by atoms with E-state index >= 15 is 0 Å². The van der Waals surface area contributed by atoms with E-state index in [1.54, 1.807) is 6.21 Å². The van der Waals surface area contributed by atoms with Crippen LogP contribution in [0.2, 0.25) is 0 Å². The number of guanidine groups is 1. The van der Waals surface area contributed by atoms with Crippen molar-refractivity contribution in [2.45, 2.75) is 38.2 Å². The van der Waals surface area contributed by atoms with Crippen LogP contribution < -0.4 is 10.6 Å². The van der Waals surface area contributed by atoms with E-state index in [0.29, 0.717) is 17.9 Å². The minimum Gasteiger partial charge on any atom is -0.309 e. The Bertz CT molecular complexity index is 963. The lowest BCUT2D eigenvalue weighted by atomic mass is 10.1. The van der Waals surface area contributed by atoms with Gasteiger partial charge in [-0.25, -0.2) is 13.8 Å². The topological polar surface area (TPSA) is 94.5 Å². The summed E-state index contributed by atoms with van der Waals surface area (Å²) < 4.78 is 26.6. The number of aromatic amines is 1. The first-order valence-corrected chi connectivity index (χ1v) is 8.92. The number of fused-ring (bicyclic) bond motifs is 1. The number of nitrogens with zero attached hydrogens (tertiary/aromatic N) is 3. The number of nitrogens with one attached hydrogen (secondary N) is 3. The lowest BCUT2D eigenvalue weighted by molar-refractivity contribution is 0.0976. The molecule has 0 saturated heterocycles. The fourth-order valence-corrected chi connectivity index (χ4v) is 2.88. The number of alkyl halides is 1. The van der Waals surface area contributed by atoms with E-state index in [0.717, 1.165) is 17.8 Å². The van der Waals surface area contributed by atoms with Crippen LogP contribution in [0.25, 0.3) is 0 Å². The van der Waals surface area contributed by atoms with Crippen LogP contribution in [0, 0.1) is 11.6 Å². The SMILES string of the molecule is CC(C)(C)N=C(NC(=O)c1ccc(F)c(F)c1)Nc1n[nH]c2c1C(Cl)C=NC2. The Hall–Kier alpha value is -2.81. The van der Waals surface area contributed by atoms with E-state index < -0.39 is 28.5 Å². The van der Waals surface area contributed by atoms with Gasteiger partial charge in [-0.2, -0.15) is 5.10 Å². The van der Waals surface area contributed by atoms with Gasteiger partial charge in [-0.1, -0.05) is 0 Å². The lowest BCUT2D eigenvalue weighted by Crippen LogP contribution is -2.38.